The van der Waals surface area contributed by atoms with Crippen LogP contribution in [0.2, 0.25) is 0 Å². The first kappa shape index (κ1) is 23.4. The number of hydrogen-bond donors (Lipinski definition) is 2. The molecule has 34 heavy (non-hydrogen) atoms. The quantitative estimate of drug-likeness (QED) is 0.465. The molecular weight excluding hydrogens is 447 g/mol. The summed E-state index contributed by atoms with van der Waals surface area (Å²) < 4.78 is 43.7. The Morgan fingerprint density at radius 2 is 1.91 bits per heavy atom. The molecule has 1 atom stereocenters. The Kier molecular flexibility index (Phi) is 6.63. The van der Waals surface area contributed by atoms with E-state index in [0.29, 0.717) is 18.8 Å². The van der Waals surface area contributed by atoms with Crippen molar-refractivity contribution in [2.24, 2.45) is 0 Å². The van der Waals surface area contributed by atoms with Gasteiger partial charge in [0.25, 0.3) is 0 Å². The number of anilines is 3. The fraction of sp³-hybridized carbons (Fsp3) is 0.280. The van der Waals surface area contributed by atoms with Gasteiger partial charge in [0.2, 0.25) is 0 Å². The third-order valence-electron chi connectivity index (χ3n) is 5.87. The standard InChI is InChI=1S/C25H24F3N3O3/c1-31(18-4-2-16(3-5-18)13-25(26,27)28)19-6-7-20-17(9-11-34-23(20)12-19)14-30-22-15-29-10-8-21(22)24(32)33/h2-8,10,12,15,17,30H,9,11,13-14H2,1H3,(H,32,33). The molecule has 2 heterocycles. The number of nitrogens with zero attached hydrogens (tertiary/aromatic N) is 2. The summed E-state index contributed by atoms with van der Waals surface area (Å²) in [6.07, 6.45) is -1.46. The van der Waals surface area contributed by atoms with Gasteiger partial charge in [-0.15, -0.1) is 0 Å². The number of fused-ring (bicyclic) bond motifs is 1. The third-order valence-corrected chi connectivity index (χ3v) is 5.87. The maximum Gasteiger partial charge on any atom is 0.393 e. The molecule has 9 heteroatoms. The number of alkyl halides is 3. The molecule has 2 aromatic carbocycles. The summed E-state index contributed by atoms with van der Waals surface area (Å²) in [7, 11) is 1.85. The fourth-order valence-electron chi connectivity index (χ4n) is 4.05. The SMILES string of the molecule is CN(c1ccc(CC(F)(F)F)cc1)c1ccc2c(c1)OCCC2CNc1cnccc1C(=O)O. The fourth-order valence-corrected chi connectivity index (χ4v) is 4.05. The molecule has 178 valence electrons. The first-order valence-electron chi connectivity index (χ1n) is 10.8. The summed E-state index contributed by atoms with van der Waals surface area (Å²) in [5.74, 6) is -0.163. The average molecular weight is 471 g/mol. The number of pyridine rings is 1. The van der Waals surface area contributed by atoms with E-state index < -0.39 is 18.6 Å². The number of carboxylic acids is 1. The number of carboxylic acid groups (broad SMARTS) is 1. The van der Waals surface area contributed by atoms with Gasteiger partial charge in [0, 0.05) is 43.1 Å². The maximum atomic E-state index is 12.6. The second-order valence-corrected chi connectivity index (χ2v) is 8.18. The minimum absolute atomic E-state index is 0.117. The van der Waals surface area contributed by atoms with Crippen LogP contribution in [0.5, 0.6) is 5.75 Å². The van der Waals surface area contributed by atoms with E-state index in [-0.39, 0.29) is 17.0 Å². The molecule has 0 aliphatic carbocycles. The van der Waals surface area contributed by atoms with E-state index in [2.05, 4.69) is 10.3 Å². The number of aromatic carboxylic acids is 1. The Balaban J connectivity index is 1.48. The van der Waals surface area contributed by atoms with Gasteiger partial charge >= 0.3 is 12.1 Å². The van der Waals surface area contributed by atoms with Crippen LogP contribution in [-0.4, -0.2) is 42.4 Å². The van der Waals surface area contributed by atoms with Crippen LogP contribution >= 0.6 is 0 Å². The zero-order valence-electron chi connectivity index (χ0n) is 18.5. The molecular formula is C25H24F3N3O3. The van der Waals surface area contributed by atoms with Crippen molar-refractivity contribution in [2.45, 2.75) is 24.9 Å². The van der Waals surface area contributed by atoms with E-state index in [1.165, 1.54) is 30.6 Å². The molecule has 0 radical (unpaired) electrons. The van der Waals surface area contributed by atoms with Crippen LogP contribution in [0, 0.1) is 0 Å². The van der Waals surface area contributed by atoms with Crippen LogP contribution in [0.3, 0.4) is 0 Å². The summed E-state index contributed by atoms with van der Waals surface area (Å²) >= 11 is 0. The Bertz CT molecular complexity index is 1170. The molecule has 0 saturated carbocycles. The molecule has 1 aliphatic rings. The summed E-state index contributed by atoms with van der Waals surface area (Å²) in [6, 6.07) is 13.6. The highest BCUT2D eigenvalue weighted by atomic mass is 19.4. The van der Waals surface area contributed by atoms with Gasteiger partial charge in [-0.05, 0) is 41.8 Å². The number of halogens is 3. The van der Waals surface area contributed by atoms with E-state index in [9.17, 15) is 23.1 Å². The van der Waals surface area contributed by atoms with Crippen molar-refractivity contribution >= 4 is 23.0 Å². The van der Waals surface area contributed by atoms with E-state index in [0.717, 1.165) is 29.1 Å². The largest absolute Gasteiger partial charge is 0.493 e. The minimum atomic E-state index is -4.24. The lowest BCUT2D eigenvalue weighted by molar-refractivity contribution is -0.127. The predicted molar refractivity (Wildman–Crippen MR) is 123 cm³/mol. The third kappa shape index (κ3) is 5.41. The number of ether oxygens (including phenoxy) is 1. The highest BCUT2D eigenvalue weighted by Gasteiger charge is 2.27. The summed E-state index contributed by atoms with van der Waals surface area (Å²) in [6.45, 7) is 1.05. The monoisotopic (exact) mass is 471 g/mol. The molecule has 6 nitrogen and oxygen atoms in total. The van der Waals surface area contributed by atoms with E-state index in [1.807, 2.05) is 30.1 Å². The van der Waals surface area contributed by atoms with Gasteiger partial charge in [-0.3, -0.25) is 4.98 Å². The van der Waals surface area contributed by atoms with Crippen LogP contribution in [0.4, 0.5) is 30.2 Å². The normalized spacial score (nSPS) is 15.2. The number of aromatic nitrogens is 1. The van der Waals surface area contributed by atoms with Gasteiger partial charge in [0.15, 0.2) is 0 Å². The molecule has 1 aromatic heterocycles. The lowest BCUT2D eigenvalue weighted by Crippen LogP contribution is -2.22. The lowest BCUT2D eigenvalue weighted by Gasteiger charge is -2.28. The molecule has 0 amide bonds. The number of nitrogens with one attached hydrogen (secondary N) is 1. The van der Waals surface area contributed by atoms with Gasteiger partial charge in [0.1, 0.15) is 5.75 Å². The molecule has 0 fully saturated rings. The molecule has 0 bridgehead atoms. The Morgan fingerprint density at radius 3 is 2.62 bits per heavy atom. The Morgan fingerprint density at radius 1 is 1.18 bits per heavy atom. The van der Waals surface area contributed by atoms with Gasteiger partial charge < -0.3 is 20.1 Å². The van der Waals surface area contributed by atoms with Crippen molar-refractivity contribution < 1.29 is 27.8 Å². The maximum absolute atomic E-state index is 12.6. The van der Waals surface area contributed by atoms with Gasteiger partial charge in [-0.1, -0.05) is 18.2 Å². The summed E-state index contributed by atoms with van der Waals surface area (Å²) in [4.78, 5) is 17.3. The second kappa shape index (κ2) is 9.62. The number of benzene rings is 2. The molecule has 4 rings (SSSR count). The van der Waals surface area contributed by atoms with Crippen LogP contribution in [0.15, 0.2) is 60.9 Å². The van der Waals surface area contributed by atoms with E-state index in [4.69, 9.17) is 4.74 Å². The van der Waals surface area contributed by atoms with E-state index in [1.54, 1.807) is 12.1 Å². The first-order valence-corrected chi connectivity index (χ1v) is 10.8. The summed E-state index contributed by atoms with van der Waals surface area (Å²) in [5.41, 5.74) is 3.47. The van der Waals surface area contributed by atoms with Crippen LogP contribution in [0.25, 0.3) is 0 Å². The summed E-state index contributed by atoms with van der Waals surface area (Å²) in [5, 5.41) is 12.6. The topological polar surface area (TPSA) is 74.7 Å². The average Bonchev–Trinajstić information content (AvgIpc) is 2.81. The Labute approximate surface area is 195 Å². The van der Waals surface area contributed by atoms with Gasteiger partial charge in [-0.2, -0.15) is 13.2 Å². The zero-order valence-corrected chi connectivity index (χ0v) is 18.5. The van der Waals surface area contributed by atoms with Crippen molar-refractivity contribution in [3.63, 3.8) is 0 Å². The van der Waals surface area contributed by atoms with Gasteiger partial charge in [0.05, 0.1) is 30.5 Å². The molecule has 1 unspecified atom stereocenters. The predicted octanol–water partition coefficient (Wildman–Crippen LogP) is 5.63. The van der Waals surface area contributed by atoms with Crippen molar-refractivity contribution in [3.8, 4) is 5.75 Å². The van der Waals surface area contributed by atoms with E-state index >= 15 is 0 Å². The highest BCUT2D eigenvalue weighted by molar-refractivity contribution is 5.93. The molecule has 3 aromatic rings. The highest BCUT2D eigenvalue weighted by Crippen LogP contribution is 2.38. The molecule has 2 N–H and O–H groups in total. The van der Waals surface area contributed by atoms with Gasteiger partial charge in [-0.25, -0.2) is 4.79 Å². The molecule has 0 spiro atoms. The van der Waals surface area contributed by atoms with Crippen molar-refractivity contribution in [1.82, 2.24) is 4.98 Å². The van der Waals surface area contributed by atoms with Crippen molar-refractivity contribution in [1.29, 1.82) is 0 Å². The van der Waals surface area contributed by atoms with Crippen LogP contribution in [-0.2, 0) is 6.42 Å². The molecule has 0 saturated heterocycles. The smallest absolute Gasteiger partial charge is 0.393 e. The number of carbonyl (C=O) groups is 1. The minimum Gasteiger partial charge on any atom is -0.493 e. The lowest BCUT2D eigenvalue weighted by atomic mass is 9.92. The first-order chi connectivity index (χ1) is 16.2. The molecule has 1 aliphatic heterocycles. The number of rotatable bonds is 7. The van der Waals surface area contributed by atoms with Crippen LogP contribution in [0.1, 0.15) is 33.8 Å². The van der Waals surface area contributed by atoms with Crippen molar-refractivity contribution in [3.05, 3.63) is 77.6 Å². The zero-order chi connectivity index (χ0) is 24.3. The van der Waals surface area contributed by atoms with Crippen LogP contribution < -0.4 is 15.0 Å². The Hall–Kier alpha value is -3.75. The van der Waals surface area contributed by atoms with Crippen molar-refractivity contribution in [2.75, 3.05) is 30.4 Å². The number of hydrogen-bond acceptors (Lipinski definition) is 5. The second-order valence-electron chi connectivity index (χ2n) is 8.18.